The van der Waals surface area contributed by atoms with Crippen molar-refractivity contribution >= 4 is 0 Å². The maximum absolute atomic E-state index is 8.34. The second-order valence-corrected chi connectivity index (χ2v) is 1.94. The summed E-state index contributed by atoms with van der Waals surface area (Å²) in [5.41, 5.74) is -0.111. The summed E-state index contributed by atoms with van der Waals surface area (Å²) in [7, 11) is 1.83. The van der Waals surface area contributed by atoms with Gasteiger partial charge in [0.25, 0.3) is 0 Å². The van der Waals surface area contributed by atoms with Crippen LogP contribution >= 0.6 is 0 Å². The smallest absolute Gasteiger partial charge is 0.106 e. The minimum absolute atomic E-state index is 0.111. The molecular weight excluding hydrogens is 88.1 g/mol. The number of hydrogen-bond acceptors (Lipinski definition) is 2. The van der Waals surface area contributed by atoms with Crippen LogP contribution in [0.15, 0.2) is 0 Å². The molecule has 0 saturated heterocycles. The van der Waals surface area contributed by atoms with Crippen LogP contribution < -0.4 is 5.32 Å². The SMILES string of the molecule is CNC1(C#N)CC1. The molecule has 1 aliphatic rings. The maximum atomic E-state index is 8.34. The lowest BCUT2D eigenvalue weighted by molar-refractivity contribution is 0.684. The maximum Gasteiger partial charge on any atom is 0.106 e. The predicted molar refractivity (Wildman–Crippen MR) is 26.6 cm³/mol. The third-order valence-corrected chi connectivity index (χ3v) is 1.44. The molecule has 0 spiro atoms. The summed E-state index contributed by atoms with van der Waals surface area (Å²) < 4.78 is 0. The highest BCUT2D eigenvalue weighted by Gasteiger charge is 2.41. The highest BCUT2D eigenvalue weighted by Crippen LogP contribution is 2.33. The van der Waals surface area contributed by atoms with Crippen molar-refractivity contribution in [3.63, 3.8) is 0 Å². The van der Waals surface area contributed by atoms with Gasteiger partial charge in [0.2, 0.25) is 0 Å². The number of nitriles is 1. The van der Waals surface area contributed by atoms with Gasteiger partial charge in [0.15, 0.2) is 0 Å². The second-order valence-electron chi connectivity index (χ2n) is 1.94. The Morgan fingerprint density at radius 2 is 2.29 bits per heavy atom. The molecule has 38 valence electrons. The van der Waals surface area contributed by atoms with E-state index >= 15 is 0 Å². The monoisotopic (exact) mass is 96.1 g/mol. The normalized spacial score (nSPS) is 23.4. The fourth-order valence-corrected chi connectivity index (χ4v) is 0.543. The number of nitrogens with one attached hydrogen (secondary N) is 1. The van der Waals surface area contributed by atoms with Crippen LogP contribution in [0.4, 0.5) is 0 Å². The van der Waals surface area contributed by atoms with Gasteiger partial charge in [0, 0.05) is 0 Å². The first kappa shape index (κ1) is 4.61. The molecule has 0 aliphatic heterocycles. The Balaban J connectivity index is 2.47. The van der Waals surface area contributed by atoms with Crippen molar-refractivity contribution in [2.24, 2.45) is 0 Å². The molecule has 0 amide bonds. The third-order valence-electron chi connectivity index (χ3n) is 1.44. The molecule has 0 unspecified atom stereocenters. The fourth-order valence-electron chi connectivity index (χ4n) is 0.543. The molecule has 1 aliphatic carbocycles. The van der Waals surface area contributed by atoms with Crippen LogP contribution in [0.25, 0.3) is 0 Å². The summed E-state index contributed by atoms with van der Waals surface area (Å²) in [5, 5.41) is 11.3. The van der Waals surface area contributed by atoms with Crippen molar-refractivity contribution in [2.75, 3.05) is 7.05 Å². The van der Waals surface area contributed by atoms with Gasteiger partial charge in [-0.25, -0.2) is 0 Å². The topological polar surface area (TPSA) is 35.8 Å². The van der Waals surface area contributed by atoms with Crippen molar-refractivity contribution in [3.8, 4) is 6.07 Å². The molecule has 0 radical (unpaired) electrons. The van der Waals surface area contributed by atoms with Gasteiger partial charge >= 0.3 is 0 Å². The van der Waals surface area contributed by atoms with E-state index in [2.05, 4.69) is 11.4 Å². The minimum Gasteiger partial charge on any atom is -0.302 e. The molecule has 1 saturated carbocycles. The van der Waals surface area contributed by atoms with E-state index in [1.165, 1.54) is 0 Å². The molecule has 1 N–H and O–H groups in total. The first-order chi connectivity index (χ1) is 3.33. The largest absolute Gasteiger partial charge is 0.302 e. The molecule has 0 atom stereocenters. The Morgan fingerprint density at radius 3 is 2.29 bits per heavy atom. The summed E-state index contributed by atoms with van der Waals surface area (Å²) in [4.78, 5) is 0. The Labute approximate surface area is 43.1 Å². The van der Waals surface area contributed by atoms with E-state index in [4.69, 9.17) is 5.26 Å². The summed E-state index contributed by atoms with van der Waals surface area (Å²) in [6.45, 7) is 0. The van der Waals surface area contributed by atoms with Crippen LogP contribution in [0.2, 0.25) is 0 Å². The van der Waals surface area contributed by atoms with Crippen LogP contribution in [0.5, 0.6) is 0 Å². The summed E-state index contributed by atoms with van der Waals surface area (Å²) in [6.07, 6.45) is 2.06. The van der Waals surface area contributed by atoms with Crippen LogP contribution in [0.3, 0.4) is 0 Å². The zero-order chi connectivity index (χ0) is 5.33. The van der Waals surface area contributed by atoms with E-state index in [9.17, 15) is 0 Å². The van der Waals surface area contributed by atoms with Crippen molar-refractivity contribution in [2.45, 2.75) is 18.4 Å². The Bertz CT molecular complexity index is 108. The second kappa shape index (κ2) is 1.21. The van der Waals surface area contributed by atoms with Crippen molar-refractivity contribution in [1.82, 2.24) is 5.32 Å². The minimum atomic E-state index is -0.111. The van der Waals surface area contributed by atoms with Crippen molar-refractivity contribution in [1.29, 1.82) is 5.26 Å². The van der Waals surface area contributed by atoms with Gasteiger partial charge < -0.3 is 5.32 Å². The highest BCUT2D eigenvalue weighted by atomic mass is 15.0. The van der Waals surface area contributed by atoms with E-state index in [0.717, 1.165) is 12.8 Å². The molecule has 7 heavy (non-hydrogen) atoms. The standard InChI is InChI=1S/C5H8N2/c1-7-5(4-6)2-3-5/h7H,2-3H2,1H3. The zero-order valence-electron chi connectivity index (χ0n) is 4.36. The van der Waals surface area contributed by atoms with E-state index < -0.39 is 0 Å². The van der Waals surface area contributed by atoms with Crippen molar-refractivity contribution < 1.29 is 0 Å². The van der Waals surface area contributed by atoms with E-state index in [1.807, 2.05) is 7.05 Å². The van der Waals surface area contributed by atoms with Gasteiger partial charge in [-0.1, -0.05) is 0 Å². The van der Waals surface area contributed by atoms with Gasteiger partial charge in [0.05, 0.1) is 6.07 Å². The first-order valence-corrected chi connectivity index (χ1v) is 2.43. The molecule has 0 heterocycles. The zero-order valence-corrected chi connectivity index (χ0v) is 4.36. The predicted octanol–water partition coefficient (Wildman–Crippen LogP) is 0.262. The van der Waals surface area contributed by atoms with Gasteiger partial charge in [0.1, 0.15) is 5.54 Å². The summed E-state index contributed by atoms with van der Waals surface area (Å²) >= 11 is 0. The van der Waals surface area contributed by atoms with Crippen LogP contribution in [0, 0.1) is 11.3 Å². The quantitative estimate of drug-likeness (QED) is 0.508. The average molecular weight is 96.1 g/mol. The third kappa shape index (κ3) is 0.594. The van der Waals surface area contributed by atoms with E-state index in [1.54, 1.807) is 0 Å². The Morgan fingerprint density at radius 1 is 1.71 bits per heavy atom. The fraction of sp³-hybridized carbons (Fsp3) is 0.800. The number of rotatable bonds is 1. The first-order valence-electron chi connectivity index (χ1n) is 2.43. The molecule has 0 aromatic heterocycles. The van der Waals surface area contributed by atoms with E-state index in [0.29, 0.717) is 0 Å². The molecule has 1 rings (SSSR count). The molecule has 0 bridgehead atoms. The molecule has 1 fully saturated rings. The van der Waals surface area contributed by atoms with Crippen LogP contribution in [-0.4, -0.2) is 12.6 Å². The lowest BCUT2D eigenvalue weighted by Crippen LogP contribution is -2.24. The Kier molecular flexibility index (Phi) is 0.795. The Hall–Kier alpha value is -0.550. The molecule has 0 aromatic carbocycles. The molecule has 2 nitrogen and oxygen atoms in total. The summed E-state index contributed by atoms with van der Waals surface area (Å²) in [6, 6.07) is 2.19. The van der Waals surface area contributed by atoms with Crippen LogP contribution in [-0.2, 0) is 0 Å². The van der Waals surface area contributed by atoms with Crippen LogP contribution in [0.1, 0.15) is 12.8 Å². The summed E-state index contributed by atoms with van der Waals surface area (Å²) in [5.74, 6) is 0. The molecular formula is C5H8N2. The molecule has 0 aromatic rings. The van der Waals surface area contributed by atoms with Gasteiger partial charge in [-0.3, -0.25) is 0 Å². The lowest BCUT2D eigenvalue weighted by Gasteiger charge is -1.97. The van der Waals surface area contributed by atoms with Gasteiger partial charge in [-0.05, 0) is 19.9 Å². The lowest BCUT2D eigenvalue weighted by atomic mass is 10.3. The van der Waals surface area contributed by atoms with Crippen molar-refractivity contribution in [3.05, 3.63) is 0 Å². The highest BCUT2D eigenvalue weighted by molar-refractivity contribution is 5.17. The average Bonchev–Trinajstić information content (AvgIpc) is 2.46. The number of hydrogen-bond donors (Lipinski definition) is 1. The molecule has 2 heteroatoms. The number of nitrogens with zero attached hydrogens (tertiary/aromatic N) is 1. The van der Waals surface area contributed by atoms with E-state index in [-0.39, 0.29) is 5.54 Å². The van der Waals surface area contributed by atoms with Gasteiger partial charge in [-0.2, -0.15) is 5.26 Å². The van der Waals surface area contributed by atoms with Gasteiger partial charge in [-0.15, -0.1) is 0 Å².